The number of fused-ring (bicyclic) bond motifs is 1. The van der Waals surface area contributed by atoms with E-state index in [0.29, 0.717) is 12.2 Å². The molecule has 3 heteroatoms. The third-order valence-electron chi connectivity index (χ3n) is 8.49. The first kappa shape index (κ1) is 23.9. The Labute approximate surface area is 210 Å². The first-order valence-electron chi connectivity index (χ1n) is 13.2. The van der Waals surface area contributed by atoms with Gasteiger partial charge in [0.25, 0.3) is 5.91 Å². The molecule has 5 rings (SSSR count). The number of carbonyl (C=O) groups excluding carboxylic acids is 1. The van der Waals surface area contributed by atoms with Gasteiger partial charge >= 0.3 is 0 Å². The number of nitrogens with zero attached hydrogens (tertiary/aromatic N) is 1. The van der Waals surface area contributed by atoms with Gasteiger partial charge in [0, 0.05) is 13.0 Å². The zero-order chi connectivity index (χ0) is 24.8. The molecule has 2 aromatic carbocycles. The smallest absolute Gasteiger partial charge is 0.290 e. The summed E-state index contributed by atoms with van der Waals surface area (Å²) in [6.45, 7) is 12.5. The molecule has 0 saturated carbocycles. The lowest BCUT2D eigenvalue weighted by molar-refractivity contribution is 0.0577. The van der Waals surface area contributed by atoms with Gasteiger partial charge < -0.3 is 9.32 Å². The number of piperidine rings is 1. The third kappa shape index (κ3) is 4.58. The van der Waals surface area contributed by atoms with Crippen LogP contribution in [0.25, 0.3) is 0 Å². The maximum Gasteiger partial charge on any atom is 0.290 e. The largest absolute Gasteiger partial charge is 0.456 e. The molecule has 3 aromatic rings. The standard InChI is InChI=1S/C32H39NO2/c1-22-19-26-27(32(4,5)17-16-31(26,2)3)21-24(22)20-25-14-15-29(35-25)30(34)33-18-10-9-13-28(33)23-11-7-6-8-12-23/h6-8,11-12,14-15,19,21,28H,9-10,13,16-18,20H2,1-5H3. The topological polar surface area (TPSA) is 33.5 Å². The van der Waals surface area contributed by atoms with Crippen molar-refractivity contribution in [3.05, 3.63) is 93.9 Å². The minimum atomic E-state index is 0.00912. The van der Waals surface area contributed by atoms with Crippen LogP contribution in [0.5, 0.6) is 0 Å². The number of amides is 1. The highest BCUT2D eigenvalue weighted by Gasteiger charge is 2.37. The molecule has 1 fully saturated rings. The Morgan fingerprint density at radius 2 is 1.63 bits per heavy atom. The van der Waals surface area contributed by atoms with Gasteiger partial charge in [-0.3, -0.25) is 4.79 Å². The fourth-order valence-electron chi connectivity index (χ4n) is 6.07. The van der Waals surface area contributed by atoms with E-state index in [1.54, 1.807) is 0 Å². The molecule has 2 heterocycles. The van der Waals surface area contributed by atoms with E-state index < -0.39 is 0 Å². The van der Waals surface area contributed by atoms with Crippen LogP contribution in [0.4, 0.5) is 0 Å². The summed E-state index contributed by atoms with van der Waals surface area (Å²) < 4.78 is 6.19. The van der Waals surface area contributed by atoms with Crippen molar-refractivity contribution in [3.8, 4) is 0 Å². The SMILES string of the molecule is Cc1cc2c(cc1Cc1ccc(C(=O)N3CCCCC3c3ccccc3)o1)C(C)(C)CCC2(C)C. The molecular weight excluding hydrogens is 430 g/mol. The molecule has 0 bridgehead atoms. The van der Waals surface area contributed by atoms with Crippen molar-refractivity contribution in [1.82, 2.24) is 4.90 Å². The Balaban J connectivity index is 1.39. The first-order chi connectivity index (χ1) is 16.7. The van der Waals surface area contributed by atoms with E-state index in [9.17, 15) is 4.79 Å². The zero-order valence-corrected chi connectivity index (χ0v) is 22.0. The highest BCUT2D eigenvalue weighted by Crippen LogP contribution is 2.46. The first-order valence-corrected chi connectivity index (χ1v) is 13.2. The van der Waals surface area contributed by atoms with E-state index in [2.05, 4.69) is 71.0 Å². The molecule has 1 amide bonds. The van der Waals surface area contributed by atoms with Crippen molar-refractivity contribution in [3.63, 3.8) is 0 Å². The molecule has 1 aliphatic carbocycles. The number of carbonyl (C=O) groups is 1. The van der Waals surface area contributed by atoms with Crippen LogP contribution in [0.2, 0.25) is 0 Å². The van der Waals surface area contributed by atoms with Crippen LogP contribution in [0, 0.1) is 6.92 Å². The van der Waals surface area contributed by atoms with E-state index >= 15 is 0 Å². The molecular formula is C32H39NO2. The molecule has 1 unspecified atom stereocenters. The Kier molecular flexibility index (Phi) is 6.15. The quantitative estimate of drug-likeness (QED) is 0.389. The second-order valence-electron chi connectivity index (χ2n) is 12.0. The average molecular weight is 470 g/mol. The number of hydrogen-bond donors (Lipinski definition) is 0. The summed E-state index contributed by atoms with van der Waals surface area (Å²) in [4.78, 5) is 15.5. The summed E-state index contributed by atoms with van der Waals surface area (Å²) in [5.74, 6) is 1.33. The maximum atomic E-state index is 13.5. The molecule has 1 atom stereocenters. The Hall–Kier alpha value is -2.81. The highest BCUT2D eigenvalue weighted by molar-refractivity contribution is 5.92. The average Bonchev–Trinajstić information content (AvgIpc) is 3.32. The van der Waals surface area contributed by atoms with E-state index in [-0.39, 0.29) is 22.8 Å². The number of furan rings is 1. The molecule has 3 nitrogen and oxygen atoms in total. The van der Waals surface area contributed by atoms with Gasteiger partial charge in [-0.15, -0.1) is 0 Å². The van der Waals surface area contributed by atoms with Gasteiger partial charge in [0.15, 0.2) is 5.76 Å². The van der Waals surface area contributed by atoms with Gasteiger partial charge in [-0.2, -0.15) is 0 Å². The van der Waals surface area contributed by atoms with Crippen molar-refractivity contribution in [2.75, 3.05) is 6.54 Å². The van der Waals surface area contributed by atoms with Gasteiger partial charge in [-0.05, 0) is 89.8 Å². The summed E-state index contributed by atoms with van der Waals surface area (Å²) in [5, 5.41) is 0. The van der Waals surface area contributed by atoms with E-state index in [4.69, 9.17) is 4.42 Å². The number of aryl methyl sites for hydroxylation is 1. The predicted octanol–water partition coefficient (Wildman–Crippen LogP) is 7.90. The fraction of sp³-hybridized carbons (Fsp3) is 0.469. The Bertz CT molecular complexity index is 1220. The third-order valence-corrected chi connectivity index (χ3v) is 8.49. The van der Waals surface area contributed by atoms with Crippen LogP contribution < -0.4 is 0 Å². The summed E-state index contributed by atoms with van der Waals surface area (Å²) in [5.41, 5.74) is 7.16. The van der Waals surface area contributed by atoms with Crippen molar-refractivity contribution >= 4 is 5.91 Å². The normalized spacial score (nSPS) is 20.9. The second kappa shape index (κ2) is 9.00. The van der Waals surface area contributed by atoms with Gasteiger partial charge in [-0.1, -0.05) is 70.2 Å². The molecule has 184 valence electrons. The lowest BCUT2D eigenvalue weighted by Crippen LogP contribution is -2.38. The van der Waals surface area contributed by atoms with Gasteiger partial charge in [-0.25, -0.2) is 0 Å². The molecule has 2 aliphatic rings. The number of likely N-dealkylation sites (tertiary alicyclic amines) is 1. The van der Waals surface area contributed by atoms with Crippen LogP contribution in [0.15, 0.2) is 59.0 Å². The van der Waals surface area contributed by atoms with Crippen LogP contribution in [-0.2, 0) is 17.3 Å². The van der Waals surface area contributed by atoms with E-state index in [0.717, 1.165) is 31.6 Å². The van der Waals surface area contributed by atoms with Crippen molar-refractivity contribution in [2.24, 2.45) is 0 Å². The Morgan fingerprint density at radius 1 is 0.943 bits per heavy atom. The molecule has 35 heavy (non-hydrogen) atoms. The molecule has 0 radical (unpaired) electrons. The van der Waals surface area contributed by atoms with Crippen molar-refractivity contribution in [1.29, 1.82) is 0 Å². The second-order valence-corrected chi connectivity index (χ2v) is 12.0. The lowest BCUT2D eigenvalue weighted by atomic mass is 9.62. The maximum absolute atomic E-state index is 13.5. The number of rotatable bonds is 4. The molecule has 1 aromatic heterocycles. The van der Waals surface area contributed by atoms with Crippen LogP contribution >= 0.6 is 0 Å². The summed E-state index contributed by atoms with van der Waals surface area (Å²) in [6, 6.07) is 19.2. The highest BCUT2D eigenvalue weighted by atomic mass is 16.4. The number of hydrogen-bond acceptors (Lipinski definition) is 2. The zero-order valence-electron chi connectivity index (χ0n) is 22.0. The molecule has 1 aliphatic heterocycles. The Morgan fingerprint density at radius 3 is 2.34 bits per heavy atom. The number of benzene rings is 2. The van der Waals surface area contributed by atoms with Gasteiger partial charge in [0.05, 0.1) is 6.04 Å². The minimum Gasteiger partial charge on any atom is -0.456 e. The molecule has 1 saturated heterocycles. The van der Waals surface area contributed by atoms with Crippen molar-refractivity contribution < 1.29 is 9.21 Å². The van der Waals surface area contributed by atoms with Crippen LogP contribution in [0.3, 0.4) is 0 Å². The lowest BCUT2D eigenvalue weighted by Gasteiger charge is -2.42. The monoisotopic (exact) mass is 469 g/mol. The fourth-order valence-corrected chi connectivity index (χ4v) is 6.07. The predicted molar refractivity (Wildman–Crippen MR) is 142 cm³/mol. The van der Waals surface area contributed by atoms with Crippen LogP contribution in [0.1, 0.15) is 110 Å². The van der Waals surface area contributed by atoms with Crippen molar-refractivity contribution in [2.45, 2.75) is 90.0 Å². The van der Waals surface area contributed by atoms with Gasteiger partial charge in [0.1, 0.15) is 5.76 Å². The van der Waals surface area contributed by atoms with Gasteiger partial charge in [0.2, 0.25) is 0 Å². The summed E-state index contributed by atoms with van der Waals surface area (Å²) >= 11 is 0. The molecule has 0 N–H and O–H groups in total. The summed E-state index contributed by atoms with van der Waals surface area (Å²) in [6.07, 6.45) is 6.33. The summed E-state index contributed by atoms with van der Waals surface area (Å²) in [7, 11) is 0. The minimum absolute atomic E-state index is 0.00912. The molecule has 0 spiro atoms. The van der Waals surface area contributed by atoms with E-state index in [1.165, 1.54) is 40.7 Å². The van der Waals surface area contributed by atoms with E-state index in [1.807, 2.05) is 23.1 Å². The van der Waals surface area contributed by atoms with Crippen LogP contribution in [-0.4, -0.2) is 17.4 Å².